The molecule has 0 fully saturated rings. The number of anilines is 1. The van der Waals surface area contributed by atoms with Crippen LogP contribution in [0.15, 0.2) is 47.0 Å². The van der Waals surface area contributed by atoms with E-state index < -0.39 is 5.91 Å². The van der Waals surface area contributed by atoms with E-state index in [-0.39, 0.29) is 35.7 Å². The van der Waals surface area contributed by atoms with Crippen molar-refractivity contribution in [2.24, 2.45) is 5.92 Å². The van der Waals surface area contributed by atoms with Gasteiger partial charge in [0.2, 0.25) is 0 Å². The molecule has 0 aliphatic carbocycles. The maximum Gasteiger partial charge on any atom is 0.291 e. The van der Waals surface area contributed by atoms with E-state index in [1.165, 1.54) is 13.0 Å². The summed E-state index contributed by atoms with van der Waals surface area (Å²) in [6, 6.07) is 9.95. The number of carbonyl (C=O) groups excluding carboxylic acids is 3. The number of Topliss-reactive ketones (excluding diaryl/α,β-unsaturated/α-hetero) is 1. The predicted molar refractivity (Wildman–Crippen MR) is 123 cm³/mol. The number of rotatable bonds is 10. The number of aryl methyl sites for hydroxylation is 1. The summed E-state index contributed by atoms with van der Waals surface area (Å²) in [5.41, 5.74) is 1.06. The van der Waals surface area contributed by atoms with Crippen molar-refractivity contribution >= 4 is 23.3 Å². The van der Waals surface area contributed by atoms with E-state index in [0.717, 1.165) is 0 Å². The van der Waals surface area contributed by atoms with Gasteiger partial charge in [0.1, 0.15) is 18.1 Å². The molecule has 2 heterocycles. The highest BCUT2D eigenvalue weighted by atomic mass is 16.5. The maximum atomic E-state index is 12.7. The summed E-state index contributed by atoms with van der Waals surface area (Å²) < 4.78 is 12.8. The lowest BCUT2D eigenvalue weighted by atomic mass is 10.1. The molecule has 0 spiro atoms. The molecular weight excluding hydrogens is 424 g/mol. The summed E-state index contributed by atoms with van der Waals surface area (Å²) in [4.78, 5) is 36.5. The molecule has 0 bridgehead atoms. The third-order valence-electron chi connectivity index (χ3n) is 4.75. The topological polar surface area (TPSA) is 115 Å². The predicted octanol–water partition coefficient (Wildman–Crippen LogP) is 3.92. The fourth-order valence-electron chi connectivity index (χ4n) is 2.92. The number of carbonyl (C=O) groups is 3. The van der Waals surface area contributed by atoms with Crippen LogP contribution >= 0.6 is 0 Å². The maximum absolute atomic E-state index is 12.7. The largest absolute Gasteiger partial charge is 0.486 e. The average molecular weight is 453 g/mol. The van der Waals surface area contributed by atoms with E-state index in [4.69, 9.17) is 9.15 Å². The average Bonchev–Trinajstić information content (AvgIpc) is 3.43. The summed E-state index contributed by atoms with van der Waals surface area (Å²) in [6.45, 7) is 8.55. The van der Waals surface area contributed by atoms with Gasteiger partial charge in [0.25, 0.3) is 11.8 Å². The molecule has 0 aliphatic rings. The molecule has 0 saturated heterocycles. The zero-order valence-electron chi connectivity index (χ0n) is 19.2. The molecule has 2 amide bonds. The smallest absolute Gasteiger partial charge is 0.291 e. The van der Waals surface area contributed by atoms with Crippen molar-refractivity contribution in [3.05, 3.63) is 65.4 Å². The summed E-state index contributed by atoms with van der Waals surface area (Å²) in [7, 11) is 0. The van der Waals surface area contributed by atoms with Crippen LogP contribution in [0.25, 0.3) is 0 Å². The molecule has 0 saturated carbocycles. The Kier molecular flexibility index (Phi) is 7.66. The van der Waals surface area contributed by atoms with Crippen LogP contribution in [0.2, 0.25) is 0 Å². The molecule has 2 aromatic heterocycles. The number of nitrogens with zero attached hydrogens (tertiary/aromatic N) is 2. The number of aromatic nitrogens is 2. The van der Waals surface area contributed by atoms with Gasteiger partial charge in [-0.25, -0.2) is 0 Å². The van der Waals surface area contributed by atoms with E-state index >= 15 is 0 Å². The first kappa shape index (κ1) is 23.8. The van der Waals surface area contributed by atoms with Crippen LogP contribution in [0.5, 0.6) is 5.75 Å². The fourth-order valence-corrected chi connectivity index (χ4v) is 2.92. The number of hydrogen-bond acceptors (Lipinski definition) is 6. The molecule has 174 valence electrons. The molecule has 0 unspecified atom stereocenters. The Morgan fingerprint density at radius 1 is 1.09 bits per heavy atom. The zero-order valence-corrected chi connectivity index (χ0v) is 19.2. The Labute approximate surface area is 192 Å². The van der Waals surface area contributed by atoms with Crippen LogP contribution in [0.3, 0.4) is 0 Å². The highest BCUT2D eigenvalue weighted by Crippen LogP contribution is 2.19. The van der Waals surface area contributed by atoms with Gasteiger partial charge >= 0.3 is 0 Å². The van der Waals surface area contributed by atoms with Gasteiger partial charge in [0, 0.05) is 24.8 Å². The molecule has 9 nitrogen and oxygen atoms in total. The van der Waals surface area contributed by atoms with Gasteiger partial charge in [-0.15, -0.1) is 0 Å². The molecule has 3 aromatic rings. The van der Waals surface area contributed by atoms with Crippen molar-refractivity contribution in [3.63, 3.8) is 0 Å². The highest BCUT2D eigenvalue weighted by Gasteiger charge is 2.20. The lowest BCUT2D eigenvalue weighted by molar-refractivity contribution is 0.0943. The van der Waals surface area contributed by atoms with Gasteiger partial charge in [-0.3, -0.25) is 19.1 Å². The number of furan rings is 1. The van der Waals surface area contributed by atoms with Crippen LogP contribution in [-0.4, -0.2) is 33.9 Å². The summed E-state index contributed by atoms with van der Waals surface area (Å²) in [5.74, 6) is 0.528. The van der Waals surface area contributed by atoms with E-state index in [1.54, 1.807) is 41.2 Å². The van der Waals surface area contributed by atoms with Crippen molar-refractivity contribution in [1.82, 2.24) is 15.1 Å². The molecule has 2 N–H and O–H groups in total. The second kappa shape index (κ2) is 10.6. The van der Waals surface area contributed by atoms with Crippen molar-refractivity contribution in [2.45, 2.75) is 40.8 Å². The van der Waals surface area contributed by atoms with E-state index in [9.17, 15) is 14.4 Å². The summed E-state index contributed by atoms with van der Waals surface area (Å²) >= 11 is 0. The van der Waals surface area contributed by atoms with Crippen molar-refractivity contribution in [3.8, 4) is 5.75 Å². The minimum Gasteiger partial charge on any atom is -0.486 e. The van der Waals surface area contributed by atoms with Gasteiger partial charge in [0.05, 0.1) is 5.69 Å². The quantitative estimate of drug-likeness (QED) is 0.451. The first-order valence-corrected chi connectivity index (χ1v) is 10.8. The van der Waals surface area contributed by atoms with Gasteiger partial charge in [-0.2, -0.15) is 5.10 Å². The van der Waals surface area contributed by atoms with Crippen LogP contribution in [-0.2, 0) is 13.2 Å². The molecule has 3 rings (SSSR count). The third kappa shape index (κ3) is 6.31. The molecule has 0 aliphatic heterocycles. The molecule has 1 aromatic carbocycles. The van der Waals surface area contributed by atoms with Crippen LogP contribution in [0, 0.1) is 5.92 Å². The number of hydrogen-bond donors (Lipinski definition) is 2. The first-order valence-electron chi connectivity index (χ1n) is 10.8. The monoisotopic (exact) mass is 452 g/mol. The number of ketones is 1. The van der Waals surface area contributed by atoms with E-state index in [1.807, 2.05) is 20.8 Å². The SMILES string of the molecule is CCn1cc(NC(=O)c2ccc(COc3ccc(C(C)=O)cc3)o2)c(C(=O)NCC(C)C)n1. The molecular formula is C24H28N4O5. The highest BCUT2D eigenvalue weighted by molar-refractivity contribution is 6.07. The van der Waals surface area contributed by atoms with E-state index in [0.29, 0.717) is 35.9 Å². The van der Waals surface area contributed by atoms with Crippen molar-refractivity contribution < 1.29 is 23.5 Å². The minimum atomic E-state index is -0.499. The summed E-state index contributed by atoms with van der Waals surface area (Å²) in [5, 5.41) is 9.77. The molecule has 9 heteroatoms. The lowest BCUT2D eigenvalue weighted by Gasteiger charge is -2.07. The lowest BCUT2D eigenvalue weighted by Crippen LogP contribution is -2.28. The second-order valence-electron chi connectivity index (χ2n) is 7.94. The van der Waals surface area contributed by atoms with Gasteiger partial charge in [0.15, 0.2) is 17.2 Å². The Bertz CT molecular complexity index is 1130. The standard InChI is InChI=1S/C24H28N4O5/c1-5-28-13-20(22(27-28)24(31)25-12-15(2)3)26-23(30)21-11-10-19(33-21)14-32-18-8-6-17(7-9-18)16(4)29/h6-11,13,15H,5,12,14H2,1-4H3,(H,25,31)(H,26,30). The molecule has 0 radical (unpaired) electrons. The number of ether oxygens (including phenoxy) is 1. The van der Waals surface area contributed by atoms with Crippen LogP contribution < -0.4 is 15.4 Å². The number of benzene rings is 1. The normalized spacial score (nSPS) is 10.8. The van der Waals surface area contributed by atoms with E-state index in [2.05, 4.69) is 15.7 Å². The van der Waals surface area contributed by atoms with Gasteiger partial charge in [-0.1, -0.05) is 13.8 Å². The van der Waals surface area contributed by atoms with Crippen LogP contribution in [0.1, 0.15) is 64.9 Å². The fraction of sp³-hybridized carbons (Fsp3) is 0.333. The Morgan fingerprint density at radius 3 is 2.45 bits per heavy atom. The zero-order chi connectivity index (χ0) is 24.0. The Hall–Kier alpha value is -3.88. The van der Waals surface area contributed by atoms with Crippen LogP contribution in [0.4, 0.5) is 5.69 Å². The van der Waals surface area contributed by atoms with Gasteiger partial charge < -0.3 is 19.8 Å². The summed E-state index contributed by atoms with van der Waals surface area (Å²) in [6.07, 6.45) is 1.61. The Balaban J connectivity index is 1.64. The Morgan fingerprint density at radius 2 is 1.82 bits per heavy atom. The molecule has 0 atom stereocenters. The second-order valence-corrected chi connectivity index (χ2v) is 7.94. The van der Waals surface area contributed by atoms with Crippen molar-refractivity contribution in [2.75, 3.05) is 11.9 Å². The molecule has 33 heavy (non-hydrogen) atoms. The van der Waals surface area contributed by atoms with Gasteiger partial charge in [-0.05, 0) is 56.2 Å². The first-order chi connectivity index (χ1) is 15.8. The third-order valence-corrected chi connectivity index (χ3v) is 4.75. The number of nitrogens with one attached hydrogen (secondary N) is 2. The number of amides is 2. The minimum absolute atomic E-state index is 0.0201. The van der Waals surface area contributed by atoms with Crippen molar-refractivity contribution in [1.29, 1.82) is 0 Å².